The molecule has 1 aromatic carbocycles. The molecule has 3 N–H and O–H groups in total. The van der Waals surface area contributed by atoms with Crippen LogP contribution in [0.2, 0.25) is 0 Å². The molecule has 0 aromatic heterocycles. The van der Waals surface area contributed by atoms with Crippen LogP contribution in [0.25, 0.3) is 0 Å². The Morgan fingerprint density at radius 1 is 1.23 bits per heavy atom. The zero-order valence-electron chi connectivity index (χ0n) is 9.30. The Balaban J connectivity index is 0.000000671. The summed E-state index contributed by atoms with van der Waals surface area (Å²) in [5.41, 5.74) is 6.83. The minimum atomic E-state index is 0.408. The average molecular weight is 180 g/mol. The van der Waals surface area contributed by atoms with Crippen molar-refractivity contribution >= 4 is 0 Å². The first-order chi connectivity index (χ1) is 6.25. The molecule has 13 heavy (non-hydrogen) atoms. The van der Waals surface area contributed by atoms with Crippen LogP contribution in [0.15, 0.2) is 24.3 Å². The van der Waals surface area contributed by atoms with Gasteiger partial charge in [0.2, 0.25) is 0 Å². The number of quaternary nitrogens is 1. The molecule has 0 aliphatic carbocycles. The van der Waals surface area contributed by atoms with Crippen molar-refractivity contribution in [2.45, 2.75) is 40.2 Å². The van der Waals surface area contributed by atoms with Crippen LogP contribution in [0.1, 0.15) is 44.9 Å². The van der Waals surface area contributed by atoms with E-state index in [1.165, 1.54) is 11.1 Å². The van der Waals surface area contributed by atoms with Gasteiger partial charge in [-0.15, -0.1) is 0 Å². The van der Waals surface area contributed by atoms with Crippen LogP contribution < -0.4 is 5.73 Å². The van der Waals surface area contributed by atoms with E-state index >= 15 is 0 Å². The molecule has 0 aliphatic rings. The van der Waals surface area contributed by atoms with Gasteiger partial charge in [-0.3, -0.25) is 0 Å². The summed E-state index contributed by atoms with van der Waals surface area (Å²) < 4.78 is 0. The van der Waals surface area contributed by atoms with E-state index in [4.69, 9.17) is 0 Å². The van der Waals surface area contributed by atoms with Gasteiger partial charge in [0.25, 0.3) is 0 Å². The molecule has 74 valence electrons. The van der Waals surface area contributed by atoms with Gasteiger partial charge in [-0.05, 0) is 18.9 Å². The second kappa shape index (κ2) is 6.67. The van der Waals surface area contributed by atoms with Crippen LogP contribution in [-0.2, 0) is 6.42 Å². The molecule has 0 saturated heterocycles. The fourth-order valence-corrected chi connectivity index (χ4v) is 1.34. The highest BCUT2D eigenvalue weighted by atomic mass is 14.6. The largest absolute Gasteiger partial charge is 0.352 e. The van der Waals surface area contributed by atoms with Crippen molar-refractivity contribution in [2.24, 2.45) is 0 Å². The lowest BCUT2D eigenvalue weighted by Crippen LogP contribution is -2.52. The first-order valence-corrected chi connectivity index (χ1v) is 5.16. The summed E-state index contributed by atoms with van der Waals surface area (Å²) in [5.74, 6) is 0. The third-order valence-electron chi connectivity index (χ3n) is 1.97. The van der Waals surface area contributed by atoms with Gasteiger partial charge in [0.1, 0.15) is 6.04 Å². The molecule has 1 atom stereocenters. The summed E-state index contributed by atoms with van der Waals surface area (Å²) in [6.07, 6.45) is 1.11. The van der Waals surface area contributed by atoms with E-state index in [1.807, 2.05) is 13.8 Å². The number of rotatable bonds is 2. The highest BCUT2D eigenvalue weighted by Gasteiger charge is 2.05. The maximum atomic E-state index is 4.02. The summed E-state index contributed by atoms with van der Waals surface area (Å²) >= 11 is 0. The normalized spacial score (nSPS) is 11.5. The van der Waals surface area contributed by atoms with Crippen molar-refractivity contribution in [1.82, 2.24) is 0 Å². The minimum absolute atomic E-state index is 0.408. The maximum Gasteiger partial charge on any atom is 0.107 e. The van der Waals surface area contributed by atoms with Gasteiger partial charge >= 0.3 is 0 Å². The number of hydrogen-bond donors (Lipinski definition) is 1. The smallest absolute Gasteiger partial charge is 0.107 e. The first kappa shape index (κ1) is 12.2. The van der Waals surface area contributed by atoms with Crippen LogP contribution in [0.4, 0.5) is 0 Å². The predicted molar refractivity (Wildman–Crippen MR) is 58.5 cm³/mol. The van der Waals surface area contributed by atoms with E-state index in [2.05, 4.69) is 43.8 Å². The van der Waals surface area contributed by atoms with Crippen molar-refractivity contribution in [1.29, 1.82) is 0 Å². The Kier molecular flexibility index (Phi) is 6.25. The molecule has 0 amide bonds. The summed E-state index contributed by atoms with van der Waals surface area (Å²) in [4.78, 5) is 0. The van der Waals surface area contributed by atoms with Crippen molar-refractivity contribution in [3.63, 3.8) is 0 Å². The molecule has 0 saturated carbocycles. The average Bonchev–Trinajstić information content (AvgIpc) is 2.20. The van der Waals surface area contributed by atoms with E-state index in [9.17, 15) is 0 Å². The number of benzene rings is 1. The van der Waals surface area contributed by atoms with Gasteiger partial charge in [-0.2, -0.15) is 0 Å². The van der Waals surface area contributed by atoms with Gasteiger partial charge in [0.15, 0.2) is 0 Å². The fourth-order valence-electron chi connectivity index (χ4n) is 1.34. The highest BCUT2D eigenvalue weighted by Crippen LogP contribution is 2.14. The third-order valence-corrected chi connectivity index (χ3v) is 1.97. The standard InChI is InChI=1S/C10H15N.C2H6/c1-3-9-6-4-5-7-10(9)8(2)11;1-2/h4-8H,3,11H2,1-2H3;1-2H3/p+1/t8-;/m1./s1. The summed E-state index contributed by atoms with van der Waals surface area (Å²) in [7, 11) is 0. The molecule has 1 aromatic rings. The first-order valence-electron chi connectivity index (χ1n) is 5.16. The summed E-state index contributed by atoms with van der Waals surface area (Å²) in [5, 5.41) is 0. The molecule has 0 bridgehead atoms. The second-order valence-corrected chi connectivity index (χ2v) is 2.95. The minimum Gasteiger partial charge on any atom is -0.352 e. The third kappa shape index (κ3) is 3.60. The fraction of sp³-hybridized carbons (Fsp3) is 0.500. The quantitative estimate of drug-likeness (QED) is 0.724. The van der Waals surface area contributed by atoms with Crippen LogP contribution in [-0.4, -0.2) is 0 Å². The van der Waals surface area contributed by atoms with Crippen LogP contribution >= 0.6 is 0 Å². The van der Waals surface area contributed by atoms with Gasteiger partial charge in [-0.25, -0.2) is 0 Å². The molecule has 1 heteroatoms. The number of hydrogen-bond acceptors (Lipinski definition) is 0. The van der Waals surface area contributed by atoms with Gasteiger partial charge < -0.3 is 5.73 Å². The Morgan fingerprint density at radius 3 is 2.15 bits per heavy atom. The predicted octanol–water partition coefficient (Wildman–Crippen LogP) is 2.58. The lowest BCUT2D eigenvalue weighted by atomic mass is 10.0. The lowest BCUT2D eigenvalue weighted by molar-refractivity contribution is -0.420. The summed E-state index contributed by atoms with van der Waals surface area (Å²) in [6, 6.07) is 8.92. The number of aryl methyl sites for hydroxylation is 1. The molecule has 0 fully saturated rings. The van der Waals surface area contributed by atoms with Crippen LogP contribution in [0, 0.1) is 0 Å². The molecule has 0 heterocycles. The second-order valence-electron chi connectivity index (χ2n) is 2.95. The zero-order chi connectivity index (χ0) is 10.3. The zero-order valence-corrected chi connectivity index (χ0v) is 9.30. The Morgan fingerprint density at radius 2 is 1.77 bits per heavy atom. The van der Waals surface area contributed by atoms with Crippen LogP contribution in [0.3, 0.4) is 0 Å². The molecular weight excluding hydrogens is 158 g/mol. The Labute approximate surface area is 82.0 Å². The van der Waals surface area contributed by atoms with E-state index in [0.29, 0.717) is 6.04 Å². The Hall–Kier alpha value is -0.820. The maximum absolute atomic E-state index is 4.02. The topological polar surface area (TPSA) is 27.6 Å². The van der Waals surface area contributed by atoms with Gasteiger partial charge in [0.05, 0.1) is 0 Å². The van der Waals surface area contributed by atoms with Crippen molar-refractivity contribution in [2.75, 3.05) is 0 Å². The molecule has 1 rings (SSSR count). The molecular formula is C12H22N+. The molecule has 0 unspecified atom stereocenters. The molecule has 0 aliphatic heterocycles. The highest BCUT2D eigenvalue weighted by molar-refractivity contribution is 5.28. The molecule has 0 radical (unpaired) electrons. The van der Waals surface area contributed by atoms with E-state index in [0.717, 1.165) is 6.42 Å². The van der Waals surface area contributed by atoms with Crippen molar-refractivity contribution < 1.29 is 5.73 Å². The van der Waals surface area contributed by atoms with Crippen molar-refractivity contribution in [3.8, 4) is 0 Å². The molecule has 1 nitrogen and oxygen atoms in total. The molecule has 0 spiro atoms. The van der Waals surface area contributed by atoms with E-state index in [1.54, 1.807) is 0 Å². The van der Waals surface area contributed by atoms with E-state index in [-0.39, 0.29) is 0 Å². The van der Waals surface area contributed by atoms with Crippen LogP contribution in [0.5, 0.6) is 0 Å². The summed E-state index contributed by atoms with van der Waals surface area (Å²) in [6.45, 7) is 8.32. The Bertz CT molecular complexity index is 228. The SMILES string of the molecule is CC.CCc1ccccc1[C@@H](C)[NH3+]. The monoisotopic (exact) mass is 180 g/mol. The van der Waals surface area contributed by atoms with Gasteiger partial charge in [0, 0.05) is 5.56 Å². The van der Waals surface area contributed by atoms with Crippen molar-refractivity contribution in [3.05, 3.63) is 35.4 Å². The lowest BCUT2D eigenvalue weighted by Gasteiger charge is -2.07. The van der Waals surface area contributed by atoms with E-state index < -0.39 is 0 Å². The van der Waals surface area contributed by atoms with Gasteiger partial charge in [-0.1, -0.05) is 45.0 Å².